The van der Waals surface area contributed by atoms with Crippen molar-refractivity contribution in [2.75, 3.05) is 11.9 Å². The molecule has 0 aliphatic heterocycles. The molecule has 8 heteroatoms. The second-order valence-corrected chi connectivity index (χ2v) is 6.80. The zero-order chi connectivity index (χ0) is 15.5. The lowest BCUT2D eigenvalue weighted by Gasteiger charge is -2.26. The molecule has 2 N–H and O–H groups in total. The molecule has 1 aromatic rings. The summed E-state index contributed by atoms with van der Waals surface area (Å²) in [6.07, 6.45) is 3.41. The monoisotopic (exact) mass is 313 g/mol. The molecule has 0 atom stereocenters. The summed E-state index contributed by atoms with van der Waals surface area (Å²) in [5.41, 5.74) is 0.167. The van der Waals surface area contributed by atoms with Gasteiger partial charge in [0.1, 0.15) is 0 Å². The molecule has 1 fully saturated rings. The Bertz CT molecular complexity index is 626. The summed E-state index contributed by atoms with van der Waals surface area (Å²) in [4.78, 5) is 10.1. The van der Waals surface area contributed by atoms with Gasteiger partial charge in [0.15, 0.2) is 4.90 Å². The number of nitro groups is 1. The van der Waals surface area contributed by atoms with Gasteiger partial charge in [0.25, 0.3) is 5.69 Å². The van der Waals surface area contributed by atoms with E-state index in [0.29, 0.717) is 12.2 Å². The third-order valence-corrected chi connectivity index (χ3v) is 5.00. The first kappa shape index (κ1) is 15.7. The molecule has 21 heavy (non-hydrogen) atoms. The van der Waals surface area contributed by atoms with E-state index in [1.165, 1.54) is 18.2 Å². The SMILES string of the molecule is CCCNc1ccc([N+](=O)[O-])c(S(=O)(=O)NC2CCC2)c1. The highest BCUT2D eigenvalue weighted by Crippen LogP contribution is 2.29. The van der Waals surface area contributed by atoms with Crippen molar-refractivity contribution in [2.24, 2.45) is 0 Å². The van der Waals surface area contributed by atoms with E-state index in [2.05, 4.69) is 10.0 Å². The van der Waals surface area contributed by atoms with Crippen molar-refractivity contribution in [3.05, 3.63) is 28.3 Å². The van der Waals surface area contributed by atoms with Crippen LogP contribution in [-0.2, 0) is 10.0 Å². The second-order valence-electron chi connectivity index (χ2n) is 5.12. The van der Waals surface area contributed by atoms with Crippen LogP contribution in [0, 0.1) is 10.1 Å². The minimum Gasteiger partial charge on any atom is -0.385 e. The average Bonchev–Trinajstić information content (AvgIpc) is 2.40. The highest BCUT2D eigenvalue weighted by molar-refractivity contribution is 7.89. The van der Waals surface area contributed by atoms with Gasteiger partial charge in [-0.1, -0.05) is 13.3 Å². The van der Waals surface area contributed by atoms with Gasteiger partial charge in [-0.05, 0) is 31.4 Å². The number of nitrogens with one attached hydrogen (secondary N) is 2. The maximum absolute atomic E-state index is 12.3. The Labute approximate surface area is 123 Å². The van der Waals surface area contributed by atoms with Gasteiger partial charge in [-0.25, -0.2) is 13.1 Å². The van der Waals surface area contributed by atoms with E-state index in [0.717, 1.165) is 25.7 Å². The predicted octanol–water partition coefficient (Wildman–Crippen LogP) is 2.25. The Morgan fingerprint density at radius 3 is 2.62 bits per heavy atom. The smallest absolute Gasteiger partial charge is 0.289 e. The average molecular weight is 313 g/mol. The van der Waals surface area contributed by atoms with E-state index in [-0.39, 0.29) is 10.9 Å². The molecule has 1 aliphatic carbocycles. The number of nitrogens with zero attached hydrogens (tertiary/aromatic N) is 1. The van der Waals surface area contributed by atoms with Crippen LogP contribution in [-0.4, -0.2) is 25.9 Å². The number of rotatable bonds is 7. The lowest BCUT2D eigenvalue weighted by molar-refractivity contribution is -0.387. The predicted molar refractivity (Wildman–Crippen MR) is 79.8 cm³/mol. The maximum atomic E-state index is 12.3. The quantitative estimate of drug-likeness (QED) is 0.594. The molecule has 1 saturated carbocycles. The van der Waals surface area contributed by atoms with Crippen molar-refractivity contribution in [3.63, 3.8) is 0 Å². The van der Waals surface area contributed by atoms with Crippen LogP contribution >= 0.6 is 0 Å². The third-order valence-electron chi connectivity index (χ3n) is 3.45. The zero-order valence-corrected chi connectivity index (χ0v) is 12.6. The summed E-state index contributed by atoms with van der Waals surface area (Å²) in [7, 11) is -3.88. The van der Waals surface area contributed by atoms with Gasteiger partial charge < -0.3 is 5.32 Å². The van der Waals surface area contributed by atoms with Crippen molar-refractivity contribution < 1.29 is 13.3 Å². The molecule has 0 aromatic heterocycles. The normalized spacial score (nSPS) is 15.5. The number of anilines is 1. The van der Waals surface area contributed by atoms with Gasteiger partial charge in [0, 0.05) is 24.3 Å². The molecule has 0 heterocycles. The van der Waals surface area contributed by atoms with E-state index in [1.807, 2.05) is 6.92 Å². The van der Waals surface area contributed by atoms with E-state index >= 15 is 0 Å². The van der Waals surface area contributed by atoms with Crippen molar-refractivity contribution in [3.8, 4) is 0 Å². The van der Waals surface area contributed by atoms with Gasteiger partial charge in [0.05, 0.1) is 4.92 Å². The van der Waals surface area contributed by atoms with Gasteiger partial charge in [0.2, 0.25) is 10.0 Å². The molecule has 0 spiro atoms. The van der Waals surface area contributed by atoms with E-state index in [9.17, 15) is 18.5 Å². The summed E-state index contributed by atoms with van der Waals surface area (Å²) >= 11 is 0. The van der Waals surface area contributed by atoms with Crippen LogP contribution < -0.4 is 10.0 Å². The topological polar surface area (TPSA) is 101 Å². The molecule has 0 radical (unpaired) electrons. The fourth-order valence-electron chi connectivity index (χ4n) is 2.07. The molecule has 2 rings (SSSR count). The minimum absolute atomic E-state index is 0.109. The molecule has 7 nitrogen and oxygen atoms in total. The van der Waals surface area contributed by atoms with Gasteiger partial charge in [-0.2, -0.15) is 0 Å². The van der Waals surface area contributed by atoms with Crippen LogP contribution in [0.25, 0.3) is 0 Å². The number of benzene rings is 1. The highest BCUT2D eigenvalue weighted by atomic mass is 32.2. The summed E-state index contributed by atoms with van der Waals surface area (Å²) in [6.45, 7) is 2.65. The molecule has 1 aliphatic rings. The van der Waals surface area contributed by atoms with E-state index in [1.54, 1.807) is 0 Å². The third kappa shape index (κ3) is 3.70. The maximum Gasteiger partial charge on any atom is 0.289 e. The van der Waals surface area contributed by atoms with Gasteiger partial charge in [-0.15, -0.1) is 0 Å². The molecule has 0 unspecified atom stereocenters. The highest BCUT2D eigenvalue weighted by Gasteiger charge is 2.30. The van der Waals surface area contributed by atoms with Crippen molar-refractivity contribution in [2.45, 2.75) is 43.5 Å². The lowest BCUT2D eigenvalue weighted by atomic mass is 9.94. The first-order valence-electron chi connectivity index (χ1n) is 6.98. The minimum atomic E-state index is -3.88. The Kier molecular flexibility index (Phi) is 4.79. The van der Waals surface area contributed by atoms with Crippen molar-refractivity contribution in [1.29, 1.82) is 0 Å². The van der Waals surface area contributed by atoms with Crippen LogP contribution in [0.15, 0.2) is 23.1 Å². The largest absolute Gasteiger partial charge is 0.385 e. The molecule has 116 valence electrons. The van der Waals surface area contributed by atoms with Crippen LogP contribution in [0.3, 0.4) is 0 Å². The van der Waals surface area contributed by atoms with Crippen LogP contribution in [0.5, 0.6) is 0 Å². The summed E-state index contributed by atoms with van der Waals surface area (Å²) in [6, 6.07) is 3.97. The molecule has 0 saturated heterocycles. The summed E-state index contributed by atoms with van der Waals surface area (Å²) < 4.78 is 27.2. The van der Waals surface area contributed by atoms with E-state index < -0.39 is 20.6 Å². The second kappa shape index (κ2) is 6.40. The van der Waals surface area contributed by atoms with Gasteiger partial charge >= 0.3 is 0 Å². The van der Waals surface area contributed by atoms with Crippen LogP contribution in [0.2, 0.25) is 0 Å². The summed E-state index contributed by atoms with van der Waals surface area (Å²) in [5.74, 6) is 0. The lowest BCUT2D eigenvalue weighted by Crippen LogP contribution is -2.39. The Balaban J connectivity index is 2.34. The van der Waals surface area contributed by atoms with Crippen molar-refractivity contribution >= 4 is 21.4 Å². The fraction of sp³-hybridized carbons (Fsp3) is 0.538. The molecular formula is C13H19N3O4S. The number of hydrogen-bond acceptors (Lipinski definition) is 5. The Morgan fingerprint density at radius 2 is 2.10 bits per heavy atom. The van der Waals surface area contributed by atoms with E-state index in [4.69, 9.17) is 0 Å². The van der Waals surface area contributed by atoms with Crippen LogP contribution in [0.1, 0.15) is 32.6 Å². The number of nitro benzene ring substituents is 1. The van der Waals surface area contributed by atoms with Crippen molar-refractivity contribution in [1.82, 2.24) is 4.72 Å². The Morgan fingerprint density at radius 1 is 1.38 bits per heavy atom. The standard InChI is InChI=1S/C13H19N3O4S/c1-2-8-14-11-6-7-12(16(17)18)13(9-11)21(19,20)15-10-4-3-5-10/h6-7,9-10,14-15H,2-5,8H2,1H3. The Hall–Kier alpha value is -1.67. The first-order chi connectivity index (χ1) is 9.94. The molecule has 0 bridgehead atoms. The molecular weight excluding hydrogens is 294 g/mol. The fourth-order valence-corrected chi connectivity index (χ4v) is 3.57. The summed E-state index contributed by atoms with van der Waals surface area (Å²) in [5, 5.41) is 14.1. The number of hydrogen-bond donors (Lipinski definition) is 2. The van der Waals surface area contributed by atoms with Crippen LogP contribution in [0.4, 0.5) is 11.4 Å². The molecule has 1 aromatic carbocycles. The number of sulfonamides is 1. The zero-order valence-electron chi connectivity index (χ0n) is 11.8. The van der Waals surface area contributed by atoms with Gasteiger partial charge in [-0.3, -0.25) is 10.1 Å². The molecule has 0 amide bonds. The first-order valence-corrected chi connectivity index (χ1v) is 8.47.